The Balaban J connectivity index is 2.07. The van der Waals surface area contributed by atoms with Gasteiger partial charge in [0.05, 0.1) is 7.11 Å². The zero-order chi connectivity index (χ0) is 10.3. The van der Waals surface area contributed by atoms with Crippen LogP contribution in [0.1, 0.15) is 12.0 Å². The van der Waals surface area contributed by atoms with Gasteiger partial charge in [-0.05, 0) is 36.7 Å². The fraction of sp³-hybridized carbons (Fsp3) is 0.500. The zero-order valence-corrected chi connectivity index (χ0v) is 8.97. The molecule has 2 aliphatic heterocycles. The van der Waals surface area contributed by atoms with Crippen molar-refractivity contribution in [1.29, 1.82) is 0 Å². The molecule has 2 aliphatic rings. The lowest BCUT2D eigenvalue weighted by Crippen LogP contribution is -2.30. The van der Waals surface area contributed by atoms with Crippen LogP contribution in [0.5, 0.6) is 5.75 Å². The van der Waals surface area contributed by atoms with E-state index in [0.29, 0.717) is 5.41 Å². The Kier molecular flexibility index (Phi) is 1.89. The summed E-state index contributed by atoms with van der Waals surface area (Å²) < 4.78 is 5.29. The molecule has 1 spiro atoms. The van der Waals surface area contributed by atoms with E-state index in [2.05, 4.69) is 22.8 Å². The fourth-order valence-corrected chi connectivity index (χ4v) is 2.73. The highest BCUT2D eigenvalue weighted by atomic mass is 16.5. The first kappa shape index (κ1) is 9.04. The molecule has 15 heavy (non-hydrogen) atoms. The first-order chi connectivity index (χ1) is 7.34. The van der Waals surface area contributed by atoms with Gasteiger partial charge in [0.2, 0.25) is 0 Å². The molecule has 2 heterocycles. The average molecular weight is 204 g/mol. The Morgan fingerprint density at radius 2 is 2.27 bits per heavy atom. The van der Waals surface area contributed by atoms with Crippen molar-refractivity contribution in [2.24, 2.45) is 0 Å². The van der Waals surface area contributed by atoms with E-state index in [1.54, 1.807) is 7.11 Å². The number of hydrogen-bond donors (Lipinski definition) is 2. The van der Waals surface area contributed by atoms with Gasteiger partial charge < -0.3 is 15.4 Å². The van der Waals surface area contributed by atoms with Gasteiger partial charge >= 0.3 is 0 Å². The minimum atomic E-state index is 0.309. The third-order valence-corrected chi connectivity index (χ3v) is 3.66. The van der Waals surface area contributed by atoms with Crippen LogP contribution in [0, 0.1) is 0 Å². The van der Waals surface area contributed by atoms with Crippen LogP contribution in [0.25, 0.3) is 0 Å². The second kappa shape index (κ2) is 3.14. The van der Waals surface area contributed by atoms with Crippen LogP contribution in [0.15, 0.2) is 18.2 Å². The number of anilines is 1. The Bertz CT molecular complexity index is 383. The molecule has 3 heteroatoms. The maximum atomic E-state index is 5.29. The normalized spacial score (nSPS) is 27.8. The number of fused-ring (bicyclic) bond motifs is 2. The Morgan fingerprint density at radius 3 is 3.00 bits per heavy atom. The van der Waals surface area contributed by atoms with Gasteiger partial charge in [-0.1, -0.05) is 0 Å². The lowest BCUT2D eigenvalue weighted by atomic mass is 9.81. The van der Waals surface area contributed by atoms with Crippen LogP contribution < -0.4 is 15.4 Å². The van der Waals surface area contributed by atoms with Crippen molar-refractivity contribution in [2.45, 2.75) is 11.8 Å². The largest absolute Gasteiger partial charge is 0.497 e. The van der Waals surface area contributed by atoms with Crippen LogP contribution in [0.2, 0.25) is 0 Å². The van der Waals surface area contributed by atoms with E-state index in [9.17, 15) is 0 Å². The van der Waals surface area contributed by atoms with Gasteiger partial charge in [0.1, 0.15) is 5.75 Å². The molecule has 0 amide bonds. The highest BCUT2D eigenvalue weighted by Crippen LogP contribution is 2.42. The summed E-state index contributed by atoms with van der Waals surface area (Å²) in [7, 11) is 1.73. The van der Waals surface area contributed by atoms with Crippen molar-refractivity contribution in [3.05, 3.63) is 23.8 Å². The summed E-state index contributed by atoms with van der Waals surface area (Å²) in [5.41, 5.74) is 3.01. The first-order valence-corrected chi connectivity index (χ1v) is 5.47. The highest BCUT2D eigenvalue weighted by Gasteiger charge is 2.41. The molecule has 2 N–H and O–H groups in total. The topological polar surface area (TPSA) is 33.3 Å². The summed E-state index contributed by atoms with van der Waals surface area (Å²) in [5, 5.41) is 6.94. The van der Waals surface area contributed by atoms with Crippen molar-refractivity contribution < 1.29 is 4.74 Å². The second-order valence-electron chi connectivity index (χ2n) is 4.47. The number of ether oxygens (including phenoxy) is 1. The molecule has 1 aromatic carbocycles. The van der Waals surface area contributed by atoms with E-state index in [-0.39, 0.29) is 0 Å². The fourth-order valence-electron chi connectivity index (χ4n) is 2.73. The van der Waals surface area contributed by atoms with Gasteiger partial charge in [-0.15, -0.1) is 0 Å². The molecule has 1 unspecified atom stereocenters. The minimum absolute atomic E-state index is 0.309. The number of benzene rings is 1. The van der Waals surface area contributed by atoms with Crippen molar-refractivity contribution >= 4 is 5.69 Å². The summed E-state index contributed by atoms with van der Waals surface area (Å²) in [5.74, 6) is 0.962. The van der Waals surface area contributed by atoms with Crippen LogP contribution in [-0.4, -0.2) is 26.7 Å². The third-order valence-electron chi connectivity index (χ3n) is 3.66. The van der Waals surface area contributed by atoms with E-state index in [1.807, 2.05) is 6.07 Å². The molecule has 1 saturated heterocycles. The van der Waals surface area contributed by atoms with Gasteiger partial charge in [0.15, 0.2) is 0 Å². The molecule has 0 radical (unpaired) electrons. The van der Waals surface area contributed by atoms with E-state index in [4.69, 9.17) is 4.74 Å². The Morgan fingerprint density at radius 1 is 1.33 bits per heavy atom. The van der Waals surface area contributed by atoms with Gasteiger partial charge in [0.25, 0.3) is 0 Å². The zero-order valence-electron chi connectivity index (χ0n) is 8.97. The molecule has 1 aromatic rings. The lowest BCUT2D eigenvalue weighted by Gasteiger charge is -2.21. The van der Waals surface area contributed by atoms with Gasteiger partial charge in [-0.25, -0.2) is 0 Å². The molecular weight excluding hydrogens is 188 g/mol. The van der Waals surface area contributed by atoms with E-state index in [0.717, 1.165) is 25.4 Å². The summed E-state index contributed by atoms with van der Waals surface area (Å²) >= 11 is 0. The molecule has 0 saturated carbocycles. The van der Waals surface area contributed by atoms with E-state index in [1.165, 1.54) is 17.7 Å². The predicted molar refractivity (Wildman–Crippen MR) is 60.6 cm³/mol. The number of rotatable bonds is 1. The summed E-state index contributed by atoms with van der Waals surface area (Å²) in [4.78, 5) is 0. The quantitative estimate of drug-likeness (QED) is 0.724. The molecule has 1 atom stereocenters. The molecule has 3 nitrogen and oxygen atoms in total. The number of hydrogen-bond acceptors (Lipinski definition) is 3. The maximum Gasteiger partial charge on any atom is 0.119 e. The molecule has 1 fully saturated rings. The first-order valence-electron chi connectivity index (χ1n) is 5.47. The van der Waals surface area contributed by atoms with Gasteiger partial charge in [-0.3, -0.25) is 0 Å². The smallest absolute Gasteiger partial charge is 0.119 e. The van der Waals surface area contributed by atoms with Gasteiger partial charge in [0, 0.05) is 24.2 Å². The van der Waals surface area contributed by atoms with Crippen LogP contribution in [0.3, 0.4) is 0 Å². The van der Waals surface area contributed by atoms with Crippen molar-refractivity contribution in [2.75, 3.05) is 32.1 Å². The molecule has 0 bridgehead atoms. The molecule has 0 aromatic heterocycles. The number of nitrogens with one attached hydrogen (secondary N) is 2. The summed E-state index contributed by atoms with van der Waals surface area (Å²) in [6, 6.07) is 6.33. The van der Waals surface area contributed by atoms with Crippen molar-refractivity contribution in [3.8, 4) is 5.75 Å². The van der Waals surface area contributed by atoms with Crippen molar-refractivity contribution in [1.82, 2.24) is 5.32 Å². The molecule has 80 valence electrons. The Labute approximate surface area is 89.8 Å². The molecular formula is C12H16N2O. The standard InChI is InChI=1S/C12H16N2O/c1-15-9-2-3-11-10(6-9)12(8-14-11)4-5-13-7-12/h2-3,6,13-14H,4-5,7-8H2,1H3. The SMILES string of the molecule is COc1ccc2c(c1)C1(CCNC1)CN2. The molecule has 3 rings (SSSR count). The lowest BCUT2D eigenvalue weighted by molar-refractivity contribution is 0.412. The Hall–Kier alpha value is -1.22. The van der Waals surface area contributed by atoms with E-state index >= 15 is 0 Å². The average Bonchev–Trinajstić information content (AvgIpc) is 2.89. The maximum absolute atomic E-state index is 5.29. The monoisotopic (exact) mass is 204 g/mol. The van der Waals surface area contributed by atoms with Crippen molar-refractivity contribution in [3.63, 3.8) is 0 Å². The third kappa shape index (κ3) is 1.23. The van der Waals surface area contributed by atoms with Gasteiger partial charge in [-0.2, -0.15) is 0 Å². The van der Waals surface area contributed by atoms with E-state index < -0.39 is 0 Å². The predicted octanol–water partition coefficient (Wildman–Crippen LogP) is 1.35. The van der Waals surface area contributed by atoms with Crippen LogP contribution in [-0.2, 0) is 5.41 Å². The summed E-state index contributed by atoms with van der Waals surface area (Å²) in [6.07, 6.45) is 1.22. The molecule has 0 aliphatic carbocycles. The minimum Gasteiger partial charge on any atom is -0.497 e. The van der Waals surface area contributed by atoms with Crippen LogP contribution >= 0.6 is 0 Å². The second-order valence-corrected chi connectivity index (χ2v) is 4.47. The highest BCUT2D eigenvalue weighted by molar-refractivity contribution is 5.63. The summed E-state index contributed by atoms with van der Waals surface area (Å²) in [6.45, 7) is 3.26. The number of methoxy groups -OCH3 is 1. The van der Waals surface area contributed by atoms with Crippen LogP contribution in [0.4, 0.5) is 5.69 Å².